The first-order chi connectivity index (χ1) is 7.22. The van der Waals surface area contributed by atoms with Crippen LogP contribution in [0.15, 0.2) is 24.3 Å². The van der Waals surface area contributed by atoms with E-state index in [-0.39, 0.29) is 12.4 Å². The third-order valence-electron chi connectivity index (χ3n) is 1.07. The van der Waals surface area contributed by atoms with Gasteiger partial charge in [0.1, 0.15) is 0 Å². The summed E-state index contributed by atoms with van der Waals surface area (Å²) in [6.45, 7) is 5.55. The predicted octanol–water partition coefficient (Wildman–Crippen LogP) is 3.47. The molecule has 1 rings (SSSR count). The Morgan fingerprint density at radius 3 is 1.93 bits per heavy atom. The monoisotopic (exact) mass is 284 g/mol. The number of carbonyl (C=O) groups is 1. The Kier molecular flexibility index (Phi) is 19.6. The van der Waals surface area contributed by atoms with Gasteiger partial charge in [0.2, 0.25) is 0 Å². The summed E-state index contributed by atoms with van der Waals surface area (Å²) in [5, 5.41) is 0. The number of ether oxygens (including phenoxy) is 1. The van der Waals surface area contributed by atoms with Crippen LogP contribution >= 0.6 is 18.6 Å². The second-order valence-corrected chi connectivity index (χ2v) is 4.67. The van der Waals surface area contributed by atoms with Crippen LogP contribution in [-0.4, -0.2) is 12.6 Å². The minimum absolute atomic E-state index is 0.230. The zero-order valence-corrected chi connectivity index (χ0v) is 11.7. The summed E-state index contributed by atoms with van der Waals surface area (Å²) in [6, 6.07) is 0. The standard InChI is InChI=1S/C5H9O2.C5H5.2ClH.Ti/c1-3-5(6)7-4-2;1-2-4-5-3-1;;;/h1,3-4H2,2H3;1-5H;2*1H;/q-1;;;;+2/p-2. The van der Waals surface area contributed by atoms with Crippen molar-refractivity contribution < 1.29 is 26.6 Å². The molecule has 0 aromatic rings. The molecule has 5 heteroatoms. The van der Waals surface area contributed by atoms with Gasteiger partial charge >= 0.3 is 35.6 Å². The zero-order chi connectivity index (χ0) is 11.9. The van der Waals surface area contributed by atoms with Gasteiger partial charge in [-0.05, 0) is 6.92 Å². The number of esters is 1. The maximum absolute atomic E-state index is 10.1. The van der Waals surface area contributed by atoms with E-state index in [0.717, 1.165) is 0 Å². The third-order valence-corrected chi connectivity index (χ3v) is 1.07. The third kappa shape index (κ3) is 20.3. The summed E-state index contributed by atoms with van der Waals surface area (Å²) in [4.78, 5) is 10.1. The Bertz CT molecular complexity index is 184. The molecule has 15 heavy (non-hydrogen) atoms. The fraction of sp³-hybridized carbons (Fsp3) is 0.300. The summed E-state index contributed by atoms with van der Waals surface area (Å²) < 4.78 is 4.49. The van der Waals surface area contributed by atoms with E-state index >= 15 is 0 Å². The molecule has 85 valence electrons. The van der Waals surface area contributed by atoms with E-state index in [4.69, 9.17) is 18.6 Å². The Morgan fingerprint density at radius 2 is 1.80 bits per heavy atom. The molecule has 0 amide bonds. The van der Waals surface area contributed by atoms with Crippen LogP contribution in [0.25, 0.3) is 0 Å². The van der Waals surface area contributed by atoms with Crippen molar-refractivity contribution in [3.05, 3.63) is 37.6 Å². The molecular weight excluding hydrogens is 271 g/mol. The van der Waals surface area contributed by atoms with Gasteiger partial charge in [-0.2, -0.15) is 0 Å². The molecule has 0 aromatic heterocycles. The van der Waals surface area contributed by atoms with E-state index in [9.17, 15) is 4.79 Å². The molecule has 0 saturated carbocycles. The molecule has 0 unspecified atom stereocenters. The van der Waals surface area contributed by atoms with Crippen LogP contribution in [0.5, 0.6) is 0 Å². The fourth-order valence-corrected chi connectivity index (χ4v) is 0.554. The number of rotatable bonds is 2. The molecule has 2 nitrogen and oxygen atoms in total. The van der Waals surface area contributed by atoms with Crippen molar-refractivity contribution in [3.63, 3.8) is 0 Å². The first kappa shape index (κ1) is 17.6. The number of allylic oxidation sites excluding steroid dienone is 4. The van der Waals surface area contributed by atoms with Crippen molar-refractivity contribution in [2.75, 3.05) is 6.61 Å². The van der Waals surface area contributed by atoms with Crippen molar-refractivity contribution >= 4 is 24.6 Å². The van der Waals surface area contributed by atoms with E-state index in [1.807, 2.05) is 30.7 Å². The van der Waals surface area contributed by atoms with Gasteiger partial charge in [0.25, 0.3) is 5.97 Å². The number of carbonyl (C=O) groups excluding carboxylic acids is 1. The average molecular weight is 285 g/mol. The molecule has 1 aliphatic rings. The molecule has 0 aromatic carbocycles. The Labute approximate surface area is 108 Å². The maximum atomic E-state index is 10.1. The number of hydrogen-bond acceptors (Lipinski definition) is 2. The van der Waals surface area contributed by atoms with Crippen LogP contribution in [-0.2, 0) is 26.6 Å². The fourth-order valence-electron chi connectivity index (χ4n) is 0.554. The van der Waals surface area contributed by atoms with Gasteiger partial charge in [0.15, 0.2) is 0 Å². The van der Waals surface area contributed by atoms with Crippen molar-refractivity contribution in [3.8, 4) is 0 Å². The topological polar surface area (TPSA) is 26.3 Å². The van der Waals surface area contributed by atoms with Gasteiger partial charge in [0.05, 0.1) is 6.61 Å². The summed E-state index contributed by atoms with van der Waals surface area (Å²) in [5.41, 5.74) is 0. The van der Waals surface area contributed by atoms with Crippen molar-refractivity contribution in [2.24, 2.45) is 0 Å². The van der Waals surface area contributed by atoms with Crippen molar-refractivity contribution in [2.45, 2.75) is 13.3 Å². The Balaban J connectivity index is 0. The quantitative estimate of drug-likeness (QED) is 0.441. The van der Waals surface area contributed by atoms with Crippen molar-refractivity contribution in [1.82, 2.24) is 0 Å². The zero-order valence-electron chi connectivity index (χ0n) is 8.58. The molecule has 0 fully saturated rings. The van der Waals surface area contributed by atoms with Gasteiger partial charge < -0.3 is 11.7 Å². The van der Waals surface area contributed by atoms with E-state index in [1.54, 1.807) is 6.92 Å². The summed E-state index contributed by atoms with van der Waals surface area (Å²) >= 11 is -0.556. The van der Waals surface area contributed by atoms with E-state index in [2.05, 4.69) is 11.7 Å². The molecule has 1 radical (unpaired) electrons. The first-order valence-electron chi connectivity index (χ1n) is 4.30. The SMILES string of the molecule is [CH2-]CC(=O)OCC.[CH]1C=CC=C1.[Cl][Ti][Cl]. The van der Waals surface area contributed by atoms with Crippen LogP contribution in [0.2, 0.25) is 0 Å². The van der Waals surface area contributed by atoms with Gasteiger partial charge in [-0.1, -0.05) is 30.7 Å². The van der Waals surface area contributed by atoms with E-state index in [1.165, 1.54) is 0 Å². The van der Waals surface area contributed by atoms with Gasteiger partial charge in [-0.15, -0.1) is 0 Å². The average Bonchev–Trinajstić information content (AvgIpc) is 2.77. The molecule has 0 N–H and O–H groups in total. The van der Waals surface area contributed by atoms with Gasteiger partial charge in [-0.25, -0.2) is 0 Å². The molecule has 1 aliphatic carbocycles. The second-order valence-electron chi connectivity index (χ2n) is 2.09. The van der Waals surface area contributed by atoms with Crippen LogP contribution in [0.4, 0.5) is 0 Å². The molecule has 0 atom stereocenters. The molecule has 0 aliphatic heterocycles. The molecule has 0 spiro atoms. The number of halogens is 2. The van der Waals surface area contributed by atoms with Crippen LogP contribution in [0.1, 0.15) is 13.3 Å². The summed E-state index contributed by atoms with van der Waals surface area (Å²) in [7, 11) is 9.78. The molecule has 0 saturated heterocycles. The normalized spacial score (nSPS) is 10.7. The van der Waals surface area contributed by atoms with Crippen LogP contribution < -0.4 is 0 Å². The Hall–Kier alpha value is 0.244. The molecule has 0 bridgehead atoms. The minimum atomic E-state index is -0.556. The number of hydrogen-bond donors (Lipinski definition) is 0. The second kappa shape index (κ2) is 16.7. The van der Waals surface area contributed by atoms with Crippen molar-refractivity contribution in [1.29, 1.82) is 0 Å². The first-order valence-corrected chi connectivity index (χ1v) is 8.60. The molecule has 0 heterocycles. The molecular formula is C10H14Cl2O2Ti-. The summed E-state index contributed by atoms with van der Waals surface area (Å²) in [5.74, 6) is -0.234. The van der Waals surface area contributed by atoms with Gasteiger partial charge in [-0.3, -0.25) is 4.79 Å². The summed E-state index contributed by atoms with van der Waals surface area (Å²) in [6.07, 6.45) is 10.2. The van der Waals surface area contributed by atoms with Crippen LogP contribution in [0, 0.1) is 13.3 Å². The van der Waals surface area contributed by atoms with Gasteiger partial charge in [0, 0.05) is 6.42 Å². The van der Waals surface area contributed by atoms with Crippen LogP contribution in [0.3, 0.4) is 0 Å². The predicted molar refractivity (Wildman–Crippen MR) is 60.9 cm³/mol. The Morgan fingerprint density at radius 1 is 1.33 bits per heavy atom. The van der Waals surface area contributed by atoms with E-state index < -0.39 is 17.0 Å². The van der Waals surface area contributed by atoms with E-state index in [0.29, 0.717) is 6.61 Å².